The number of anilines is 1. The van der Waals surface area contributed by atoms with Gasteiger partial charge in [-0.2, -0.15) is 9.97 Å². The first-order valence-electron chi connectivity index (χ1n) is 12.9. The monoisotopic (exact) mass is 543 g/mol. The summed E-state index contributed by atoms with van der Waals surface area (Å²) in [4.78, 5) is 37.5. The second-order valence-electron chi connectivity index (χ2n) is 9.60. The summed E-state index contributed by atoms with van der Waals surface area (Å²) in [6, 6.07) is 8.82. The molecular weight excluding hydrogens is 506 g/mol. The van der Waals surface area contributed by atoms with Crippen molar-refractivity contribution in [1.29, 1.82) is 0 Å². The van der Waals surface area contributed by atoms with Gasteiger partial charge in [0.25, 0.3) is 0 Å². The van der Waals surface area contributed by atoms with Crippen LogP contribution in [0, 0.1) is 0 Å². The number of carbonyl (C=O) groups excluding carboxylic acids is 1. The van der Waals surface area contributed by atoms with E-state index in [1.54, 1.807) is 7.11 Å². The smallest absolute Gasteiger partial charge is 0.331 e. The number of H-pyrrole nitrogens is 1. The van der Waals surface area contributed by atoms with E-state index >= 15 is 0 Å². The van der Waals surface area contributed by atoms with Crippen LogP contribution < -0.4 is 21.5 Å². The van der Waals surface area contributed by atoms with E-state index in [1.807, 2.05) is 12.1 Å². The van der Waals surface area contributed by atoms with Gasteiger partial charge in [-0.1, -0.05) is 24.3 Å². The van der Waals surface area contributed by atoms with Gasteiger partial charge in [0.1, 0.15) is 18.7 Å². The standard InChI is InChI=1S/C26H37N7O6/c1-32-14-19(15-32)28-20(5-4-10-38-16-21(34)37-3)18-8-6-17(7-9-18)13-33-24-22(29-26(33)35)23(27)30-25(31-24)39-12-11-36-2/h6-9,19-20,28H,4-5,10-16H2,1-3H3,(H,29,35)(H2,27,30,31). The van der Waals surface area contributed by atoms with E-state index in [-0.39, 0.29) is 42.7 Å². The molecule has 0 aliphatic carbocycles. The number of carbonyl (C=O) groups is 1. The third-order valence-electron chi connectivity index (χ3n) is 6.60. The summed E-state index contributed by atoms with van der Waals surface area (Å²) in [6.07, 6.45) is 1.64. The number of likely N-dealkylation sites (tertiary alicyclic amines) is 1. The highest BCUT2D eigenvalue weighted by Crippen LogP contribution is 2.23. The molecule has 39 heavy (non-hydrogen) atoms. The highest BCUT2D eigenvalue weighted by molar-refractivity contribution is 5.81. The molecule has 1 aromatic carbocycles. The topological polar surface area (TPSA) is 159 Å². The van der Waals surface area contributed by atoms with Crippen LogP contribution in [0.15, 0.2) is 29.1 Å². The van der Waals surface area contributed by atoms with Gasteiger partial charge in [-0.25, -0.2) is 9.59 Å². The summed E-state index contributed by atoms with van der Waals surface area (Å²) >= 11 is 0. The fraction of sp³-hybridized carbons (Fsp3) is 0.538. The number of aromatic nitrogens is 4. The molecule has 1 aliphatic rings. The van der Waals surface area contributed by atoms with Gasteiger partial charge in [0.15, 0.2) is 11.5 Å². The maximum absolute atomic E-state index is 12.7. The summed E-state index contributed by atoms with van der Waals surface area (Å²) in [5.74, 6) is -0.235. The van der Waals surface area contributed by atoms with Crippen LogP contribution in [-0.4, -0.2) is 97.2 Å². The Kier molecular flexibility index (Phi) is 9.87. The number of likely N-dealkylation sites (N-methyl/N-ethyl adjacent to an activating group) is 1. The van der Waals surface area contributed by atoms with Crippen LogP contribution in [0.25, 0.3) is 11.2 Å². The van der Waals surface area contributed by atoms with Crippen molar-refractivity contribution in [2.24, 2.45) is 0 Å². The first-order chi connectivity index (χ1) is 18.9. The number of nitrogen functional groups attached to an aromatic ring is 1. The molecule has 1 fully saturated rings. The minimum absolute atomic E-state index is 0.0404. The van der Waals surface area contributed by atoms with Crippen LogP contribution in [-0.2, 0) is 25.5 Å². The molecule has 0 radical (unpaired) electrons. The fourth-order valence-electron chi connectivity index (χ4n) is 4.54. The van der Waals surface area contributed by atoms with E-state index in [1.165, 1.54) is 11.7 Å². The molecule has 0 saturated carbocycles. The summed E-state index contributed by atoms with van der Waals surface area (Å²) in [5.41, 5.74) is 8.55. The number of fused-ring (bicyclic) bond motifs is 1. The highest BCUT2D eigenvalue weighted by Gasteiger charge is 2.26. The maximum Gasteiger partial charge on any atom is 0.331 e. The Balaban J connectivity index is 1.45. The quantitative estimate of drug-likeness (QED) is 0.183. The third-order valence-corrected chi connectivity index (χ3v) is 6.60. The number of nitrogens with one attached hydrogen (secondary N) is 2. The zero-order valence-corrected chi connectivity index (χ0v) is 22.6. The lowest BCUT2D eigenvalue weighted by Crippen LogP contribution is -2.56. The van der Waals surface area contributed by atoms with E-state index in [4.69, 9.17) is 19.9 Å². The Hall–Kier alpha value is -3.52. The maximum atomic E-state index is 12.7. The third kappa shape index (κ3) is 7.53. The fourth-order valence-corrected chi connectivity index (χ4v) is 4.54. The number of esters is 1. The Morgan fingerprint density at radius 1 is 1.18 bits per heavy atom. The molecule has 1 aliphatic heterocycles. The van der Waals surface area contributed by atoms with Gasteiger partial charge in [-0.15, -0.1) is 0 Å². The Labute approximate surface area is 226 Å². The largest absolute Gasteiger partial charge is 0.467 e. The van der Waals surface area contributed by atoms with E-state index in [0.29, 0.717) is 37.0 Å². The molecule has 3 aromatic rings. The van der Waals surface area contributed by atoms with Gasteiger partial charge in [-0.3, -0.25) is 4.57 Å². The molecule has 13 heteroatoms. The van der Waals surface area contributed by atoms with Gasteiger partial charge in [0.05, 0.1) is 20.3 Å². The van der Waals surface area contributed by atoms with Crippen LogP contribution in [0.1, 0.15) is 30.0 Å². The molecule has 1 atom stereocenters. The van der Waals surface area contributed by atoms with Crippen molar-refractivity contribution in [3.05, 3.63) is 45.9 Å². The van der Waals surface area contributed by atoms with Gasteiger partial charge < -0.3 is 39.9 Å². The van der Waals surface area contributed by atoms with Crippen LogP contribution in [0.4, 0.5) is 5.82 Å². The van der Waals surface area contributed by atoms with E-state index in [9.17, 15) is 9.59 Å². The lowest BCUT2D eigenvalue weighted by molar-refractivity contribution is -0.145. The molecule has 2 aromatic heterocycles. The lowest BCUT2D eigenvalue weighted by atomic mass is 9.98. The number of imidazole rings is 1. The first-order valence-corrected chi connectivity index (χ1v) is 12.9. The zero-order chi connectivity index (χ0) is 27.8. The molecular formula is C26H37N7O6. The van der Waals surface area contributed by atoms with E-state index in [2.05, 4.69) is 49.1 Å². The Morgan fingerprint density at radius 2 is 1.95 bits per heavy atom. The number of rotatable bonds is 15. The summed E-state index contributed by atoms with van der Waals surface area (Å²) in [5, 5.41) is 3.74. The number of hydrogen-bond acceptors (Lipinski definition) is 11. The minimum Gasteiger partial charge on any atom is -0.467 e. The van der Waals surface area contributed by atoms with Gasteiger partial charge >= 0.3 is 17.7 Å². The minimum atomic E-state index is -0.379. The molecule has 212 valence electrons. The van der Waals surface area contributed by atoms with Crippen LogP contribution in [0.3, 0.4) is 0 Å². The van der Waals surface area contributed by atoms with Gasteiger partial charge in [0, 0.05) is 38.9 Å². The SMILES string of the molecule is COCCOc1nc(N)c2[nH]c(=O)n(Cc3ccc(C(CCCOCC(=O)OC)NC4CN(C)C4)cc3)c2n1. The number of nitrogens with zero attached hydrogens (tertiary/aromatic N) is 4. The average Bonchev–Trinajstić information content (AvgIpc) is 3.22. The predicted octanol–water partition coefficient (Wildman–Crippen LogP) is 0.690. The van der Waals surface area contributed by atoms with Gasteiger partial charge in [0.2, 0.25) is 0 Å². The molecule has 0 spiro atoms. The Morgan fingerprint density at radius 3 is 2.64 bits per heavy atom. The van der Waals surface area contributed by atoms with Crippen molar-refractivity contribution in [3.8, 4) is 6.01 Å². The number of aromatic amines is 1. The van der Waals surface area contributed by atoms with Crippen molar-refractivity contribution in [2.75, 3.05) is 66.5 Å². The summed E-state index contributed by atoms with van der Waals surface area (Å²) in [7, 11) is 5.02. The Bertz CT molecular complexity index is 1290. The van der Waals surface area contributed by atoms with Crippen LogP contribution >= 0.6 is 0 Å². The number of hydrogen-bond donors (Lipinski definition) is 3. The molecule has 4 N–H and O–H groups in total. The van der Waals surface area contributed by atoms with Gasteiger partial charge in [-0.05, 0) is 31.0 Å². The highest BCUT2D eigenvalue weighted by atomic mass is 16.6. The number of benzene rings is 1. The molecule has 4 rings (SSSR count). The number of ether oxygens (including phenoxy) is 4. The zero-order valence-electron chi connectivity index (χ0n) is 22.6. The molecule has 1 saturated heterocycles. The summed E-state index contributed by atoms with van der Waals surface area (Å²) < 4.78 is 22.1. The van der Waals surface area contributed by atoms with E-state index < -0.39 is 0 Å². The molecule has 0 bridgehead atoms. The van der Waals surface area contributed by atoms with Crippen molar-refractivity contribution < 1.29 is 23.7 Å². The normalized spacial score (nSPS) is 14.8. The second-order valence-corrected chi connectivity index (χ2v) is 9.60. The van der Waals surface area contributed by atoms with Crippen molar-refractivity contribution in [2.45, 2.75) is 31.5 Å². The van der Waals surface area contributed by atoms with Crippen molar-refractivity contribution >= 4 is 23.0 Å². The molecule has 3 heterocycles. The molecule has 13 nitrogen and oxygen atoms in total. The van der Waals surface area contributed by atoms with Crippen molar-refractivity contribution in [3.63, 3.8) is 0 Å². The van der Waals surface area contributed by atoms with E-state index in [0.717, 1.165) is 37.1 Å². The average molecular weight is 544 g/mol. The van der Waals surface area contributed by atoms with Crippen molar-refractivity contribution in [1.82, 2.24) is 29.7 Å². The molecule has 0 amide bonds. The molecule has 1 unspecified atom stereocenters. The first kappa shape index (κ1) is 28.5. The van der Waals surface area contributed by atoms with Crippen LogP contribution in [0.5, 0.6) is 6.01 Å². The second kappa shape index (κ2) is 13.5. The number of nitrogens with two attached hydrogens (primary N) is 1. The number of methoxy groups -OCH3 is 2. The summed E-state index contributed by atoms with van der Waals surface area (Å²) in [6.45, 7) is 3.38. The predicted molar refractivity (Wildman–Crippen MR) is 145 cm³/mol. The lowest BCUT2D eigenvalue weighted by Gasteiger charge is -2.39. The van der Waals surface area contributed by atoms with Crippen LogP contribution in [0.2, 0.25) is 0 Å².